The number of hydrogen-bond acceptors (Lipinski definition) is 3. The van der Waals surface area contributed by atoms with Crippen molar-refractivity contribution in [1.29, 1.82) is 0 Å². The number of aliphatic hydroxyl groups excluding tert-OH is 1. The Morgan fingerprint density at radius 2 is 2.05 bits per heavy atom. The smallest absolute Gasteiger partial charge is 0.316 e. The Balaban J connectivity index is 1.96. The van der Waals surface area contributed by atoms with E-state index in [2.05, 4.69) is 5.32 Å². The largest absolute Gasteiger partial charge is 0.391 e. The van der Waals surface area contributed by atoms with E-state index < -0.39 is 17.9 Å². The van der Waals surface area contributed by atoms with Crippen molar-refractivity contribution in [3.63, 3.8) is 0 Å². The van der Waals surface area contributed by atoms with Gasteiger partial charge in [0.05, 0.1) is 6.10 Å². The summed E-state index contributed by atoms with van der Waals surface area (Å²) in [5.74, 6) is -0.659. The van der Waals surface area contributed by atoms with E-state index >= 15 is 0 Å². The van der Waals surface area contributed by atoms with Gasteiger partial charge in [0.15, 0.2) is 0 Å². The number of aliphatic hydroxyl groups is 1. The summed E-state index contributed by atoms with van der Waals surface area (Å²) < 4.78 is 0. The second-order valence-electron chi connectivity index (χ2n) is 6.37. The molecule has 0 aliphatic carbocycles. The van der Waals surface area contributed by atoms with Gasteiger partial charge in [0, 0.05) is 24.7 Å². The van der Waals surface area contributed by atoms with Gasteiger partial charge in [-0.1, -0.05) is 39.0 Å². The van der Waals surface area contributed by atoms with Crippen molar-refractivity contribution in [3.8, 4) is 0 Å². The molecule has 0 saturated heterocycles. The molecule has 1 aromatic carbocycles. The molecular weight excluding hydrogens is 280 g/mol. The number of anilines is 1. The summed E-state index contributed by atoms with van der Waals surface area (Å²) in [6, 6.07) is 7.64. The quantitative estimate of drug-likeness (QED) is 0.831. The summed E-state index contributed by atoms with van der Waals surface area (Å²) in [5, 5.41) is 12.3. The van der Waals surface area contributed by atoms with Crippen molar-refractivity contribution < 1.29 is 14.7 Å². The van der Waals surface area contributed by atoms with E-state index in [0.29, 0.717) is 18.9 Å². The van der Waals surface area contributed by atoms with Crippen LogP contribution in [0.15, 0.2) is 24.3 Å². The number of rotatable bonds is 4. The standard InChI is InChI=1S/C17H24N2O3/c1-11(2)8-13(20)9-18-16(21)17(22)19-10-12(3)14-6-4-5-7-15(14)19/h4-7,11-13,20H,8-10H2,1-3H3,(H,18,21). The summed E-state index contributed by atoms with van der Waals surface area (Å²) in [4.78, 5) is 25.9. The number of amides is 2. The maximum Gasteiger partial charge on any atom is 0.316 e. The lowest BCUT2D eigenvalue weighted by Gasteiger charge is -2.18. The highest BCUT2D eigenvalue weighted by molar-refractivity contribution is 6.40. The van der Waals surface area contributed by atoms with Gasteiger partial charge in [-0.25, -0.2) is 0 Å². The lowest BCUT2D eigenvalue weighted by Crippen LogP contribution is -2.44. The first-order valence-corrected chi connectivity index (χ1v) is 7.76. The van der Waals surface area contributed by atoms with Crippen molar-refractivity contribution in [2.45, 2.75) is 39.2 Å². The average Bonchev–Trinajstić information content (AvgIpc) is 2.81. The second-order valence-corrected chi connectivity index (χ2v) is 6.37. The van der Waals surface area contributed by atoms with Crippen molar-refractivity contribution in [2.24, 2.45) is 5.92 Å². The van der Waals surface area contributed by atoms with Crippen LogP contribution in [0.2, 0.25) is 0 Å². The lowest BCUT2D eigenvalue weighted by molar-refractivity contribution is -0.137. The molecule has 2 rings (SSSR count). The number of fused-ring (bicyclic) bond motifs is 1. The topological polar surface area (TPSA) is 69.6 Å². The molecule has 1 heterocycles. The summed E-state index contributed by atoms with van der Waals surface area (Å²) in [6.07, 6.45) is -0.0283. The molecule has 2 unspecified atom stereocenters. The normalized spacial score (nSPS) is 18.2. The van der Waals surface area contributed by atoms with Crippen LogP contribution in [0.5, 0.6) is 0 Å². The van der Waals surface area contributed by atoms with Gasteiger partial charge in [-0.15, -0.1) is 0 Å². The number of hydrogen-bond donors (Lipinski definition) is 2. The molecule has 2 amide bonds. The molecule has 0 spiro atoms. The van der Waals surface area contributed by atoms with Gasteiger partial charge in [-0.2, -0.15) is 0 Å². The predicted octanol–water partition coefficient (Wildman–Crippen LogP) is 1.66. The summed E-state index contributed by atoms with van der Waals surface area (Å²) >= 11 is 0. The molecule has 0 bridgehead atoms. The zero-order valence-electron chi connectivity index (χ0n) is 13.4. The van der Waals surface area contributed by atoms with E-state index in [0.717, 1.165) is 11.3 Å². The Morgan fingerprint density at radius 1 is 1.36 bits per heavy atom. The summed E-state index contributed by atoms with van der Waals surface area (Å²) in [7, 11) is 0. The van der Waals surface area contributed by atoms with Crippen molar-refractivity contribution in [1.82, 2.24) is 5.32 Å². The zero-order valence-corrected chi connectivity index (χ0v) is 13.4. The molecule has 0 fully saturated rings. The van der Waals surface area contributed by atoms with Crippen LogP contribution < -0.4 is 10.2 Å². The average molecular weight is 304 g/mol. The Morgan fingerprint density at radius 3 is 2.73 bits per heavy atom. The fraction of sp³-hybridized carbons (Fsp3) is 0.529. The third kappa shape index (κ3) is 3.65. The van der Waals surface area contributed by atoms with Crippen LogP contribution in [0.1, 0.15) is 38.7 Å². The monoisotopic (exact) mass is 304 g/mol. The van der Waals surface area contributed by atoms with Crippen LogP contribution in [0.3, 0.4) is 0 Å². The first-order valence-electron chi connectivity index (χ1n) is 7.76. The first-order chi connectivity index (χ1) is 10.4. The molecule has 0 saturated carbocycles. The number of carbonyl (C=O) groups excluding carboxylic acids is 2. The van der Waals surface area contributed by atoms with E-state index in [-0.39, 0.29) is 12.5 Å². The van der Waals surface area contributed by atoms with Crippen LogP contribution in [-0.4, -0.2) is 36.1 Å². The minimum atomic E-state index is -0.660. The van der Waals surface area contributed by atoms with E-state index in [1.54, 1.807) is 0 Å². The van der Waals surface area contributed by atoms with Gasteiger partial charge in [-0.05, 0) is 24.0 Å². The first kappa shape index (κ1) is 16.5. The lowest BCUT2D eigenvalue weighted by atomic mass is 10.0. The number of benzene rings is 1. The minimum absolute atomic E-state index is 0.105. The van der Waals surface area contributed by atoms with Crippen LogP contribution >= 0.6 is 0 Å². The summed E-state index contributed by atoms with van der Waals surface area (Å²) in [5.41, 5.74) is 1.89. The Labute approximate surface area is 131 Å². The fourth-order valence-electron chi connectivity index (χ4n) is 2.85. The highest BCUT2D eigenvalue weighted by atomic mass is 16.3. The molecule has 22 heavy (non-hydrogen) atoms. The van der Waals surface area contributed by atoms with Crippen LogP contribution in [0, 0.1) is 5.92 Å². The van der Waals surface area contributed by atoms with E-state index in [9.17, 15) is 14.7 Å². The van der Waals surface area contributed by atoms with Crippen LogP contribution in [-0.2, 0) is 9.59 Å². The predicted molar refractivity (Wildman–Crippen MR) is 85.7 cm³/mol. The molecule has 0 radical (unpaired) electrons. The maximum absolute atomic E-state index is 12.3. The number of nitrogens with zero attached hydrogens (tertiary/aromatic N) is 1. The van der Waals surface area contributed by atoms with Gasteiger partial charge in [0.1, 0.15) is 0 Å². The van der Waals surface area contributed by atoms with Crippen molar-refractivity contribution in [3.05, 3.63) is 29.8 Å². The third-order valence-corrected chi connectivity index (χ3v) is 3.90. The van der Waals surface area contributed by atoms with E-state index in [1.807, 2.05) is 45.0 Å². The second kappa shape index (κ2) is 6.92. The Hall–Kier alpha value is -1.88. The van der Waals surface area contributed by atoms with Gasteiger partial charge < -0.3 is 15.3 Å². The molecule has 0 aromatic heterocycles. The molecule has 2 N–H and O–H groups in total. The van der Waals surface area contributed by atoms with Crippen molar-refractivity contribution >= 4 is 17.5 Å². The Kier molecular flexibility index (Phi) is 5.19. The highest BCUT2D eigenvalue weighted by Crippen LogP contribution is 2.35. The van der Waals surface area contributed by atoms with E-state index in [1.165, 1.54) is 4.90 Å². The molecule has 5 nitrogen and oxygen atoms in total. The Bertz CT molecular complexity index is 557. The van der Waals surface area contributed by atoms with Gasteiger partial charge in [-0.3, -0.25) is 9.59 Å². The number of nitrogens with one attached hydrogen (secondary N) is 1. The van der Waals surface area contributed by atoms with Gasteiger partial charge in [0.2, 0.25) is 0 Å². The third-order valence-electron chi connectivity index (χ3n) is 3.90. The molecule has 2 atom stereocenters. The van der Waals surface area contributed by atoms with Gasteiger partial charge >= 0.3 is 11.8 Å². The zero-order chi connectivity index (χ0) is 16.3. The fourth-order valence-corrected chi connectivity index (χ4v) is 2.85. The molecule has 5 heteroatoms. The SMILES string of the molecule is CC(C)CC(O)CNC(=O)C(=O)N1CC(C)c2ccccc21. The van der Waals surface area contributed by atoms with E-state index in [4.69, 9.17) is 0 Å². The minimum Gasteiger partial charge on any atom is -0.391 e. The molecular formula is C17H24N2O3. The molecule has 1 aliphatic heterocycles. The summed E-state index contributed by atoms with van der Waals surface area (Å²) in [6.45, 7) is 6.65. The maximum atomic E-state index is 12.3. The number of para-hydroxylation sites is 1. The molecule has 1 aromatic rings. The number of carbonyl (C=O) groups is 2. The van der Waals surface area contributed by atoms with Crippen LogP contribution in [0.4, 0.5) is 5.69 Å². The highest BCUT2D eigenvalue weighted by Gasteiger charge is 2.32. The molecule has 1 aliphatic rings. The van der Waals surface area contributed by atoms with Crippen LogP contribution in [0.25, 0.3) is 0 Å². The molecule has 120 valence electrons. The van der Waals surface area contributed by atoms with Crippen molar-refractivity contribution in [2.75, 3.05) is 18.0 Å². The van der Waals surface area contributed by atoms with Gasteiger partial charge in [0.25, 0.3) is 0 Å².